The van der Waals surface area contributed by atoms with Crippen molar-refractivity contribution >= 4 is 24.1 Å². The van der Waals surface area contributed by atoms with Gasteiger partial charge in [0.1, 0.15) is 0 Å². The summed E-state index contributed by atoms with van der Waals surface area (Å²) in [6.45, 7) is 2.09. The second-order valence-corrected chi connectivity index (χ2v) is 4.68. The standard InChI is InChI=1S/C15H24O9/c1-2-21-15(20)24-11-5-8-14(19)23-10-4-7-13(18)22-9-3-6-12(16)17/h2-11H2,1H3,(H,16,17). The van der Waals surface area contributed by atoms with Gasteiger partial charge in [-0.1, -0.05) is 0 Å². The Morgan fingerprint density at radius 3 is 1.62 bits per heavy atom. The van der Waals surface area contributed by atoms with E-state index in [2.05, 4.69) is 9.47 Å². The van der Waals surface area contributed by atoms with Crippen molar-refractivity contribution in [3.63, 3.8) is 0 Å². The molecule has 0 atom stereocenters. The minimum atomic E-state index is -0.939. The second kappa shape index (κ2) is 14.3. The molecular formula is C15H24O9. The van der Waals surface area contributed by atoms with E-state index in [0.29, 0.717) is 12.8 Å². The van der Waals surface area contributed by atoms with Gasteiger partial charge in [-0.2, -0.15) is 0 Å². The van der Waals surface area contributed by atoms with Crippen molar-refractivity contribution in [2.75, 3.05) is 26.4 Å². The molecule has 0 aliphatic carbocycles. The smallest absolute Gasteiger partial charge is 0.481 e. The normalized spacial score (nSPS) is 9.88. The van der Waals surface area contributed by atoms with Gasteiger partial charge in [0.05, 0.1) is 26.4 Å². The molecule has 0 unspecified atom stereocenters. The highest BCUT2D eigenvalue weighted by molar-refractivity contribution is 5.70. The average Bonchev–Trinajstić information content (AvgIpc) is 2.52. The number of hydrogen-bond donors (Lipinski definition) is 1. The maximum atomic E-state index is 11.4. The molecule has 0 rings (SSSR count). The summed E-state index contributed by atoms with van der Waals surface area (Å²) in [5.41, 5.74) is 0. The second-order valence-electron chi connectivity index (χ2n) is 4.68. The van der Waals surface area contributed by atoms with E-state index in [1.165, 1.54) is 0 Å². The van der Waals surface area contributed by atoms with Crippen molar-refractivity contribution in [2.45, 2.75) is 45.4 Å². The Labute approximate surface area is 140 Å². The van der Waals surface area contributed by atoms with Gasteiger partial charge in [0.15, 0.2) is 0 Å². The fraction of sp³-hybridized carbons (Fsp3) is 0.733. The molecule has 0 fully saturated rings. The summed E-state index contributed by atoms with van der Waals surface area (Å²) < 4.78 is 19.0. The monoisotopic (exact) mass is 348 g/mol. The molecule has 0 amide bonds. The number of carboxylic acids is 1. The van der Waals surface area contributed by atoms with Gasteiger partial charge < -0.3 is 24.1 Å². The van der Waals surface area contributed by atoms with Crippen LogP contribution in [0.2, 0.25) is 0 Å². The number of carboxylic acid groups (broad SMARTS) is 1. The molecule has 1 N–H and O–H groups in total. The number of carbonyl (C=O) groups excluding carboxylic acids is 3. The fourth-order valence-corrected chi connectivity index (χ4v) is 1.49. The van der Waals surface area contributed by atoms with Crippen molar-refractivity contribution in [1.29, 1.82) is 0 Å². The first-order valence-corrected chi connectivity index (χ1v) is 7.78. The number of esters is 2. The predicted octanol–water partition coefficient (Wildman–Crippen LogP) is 1.67. The van der Waals surface area contributed by atoms with Gasteiger partial charge in [-0.25, -0.2) is 4.79 Å². The number of carbonyl (C=O) groups is 4. The van der Waals surface area contributed by atoms with Crippen LogP contribution >= 0.6 is 0 Å². The van der Waals surface area contributed by atoms with E-state index in [-0.39, 0.29) is 52.1 Å². The predicted molar refractivity (Wildman–Crippen MR) is 80.2 cm³/mol. The van der Waals surface area contributed by atoms with Crippen molar-refractivity contribution in [3.8, 4) is 0 Å². The third-order valence-corrected chi connectivity index (χ3v) is 2.59. The van der Waals surface area contributed by atoms with E-state index in [1.54, 1.807) is 6.92 Å². The van der Waals surface area contributed by atoms with E-state index in [0.717, 1.165) is 0 Å². The maximum Gasteiger partial charge on any atom is 0.508 e. The van der Waals surface area contributed by atoms with Crippen LogP contribution in [0.5, 0.6) is 0 Å². The SMILES string of the molecule is CCOC(=O)OCCCC(=O)OCCCC(=O)OCCCC(=O)O. The molecule has 0 radical (unpaired) electrons. The molecule has 9 nitrogen and oxygen atoms in total. The summed E-state index contributed by atoms with van der Waals surface area (Å²) in [6, 6.07) is 0. The van der Waals surface area contributed by atoms with E-state index in [9.17, 15) is 19.2 Å². The van der Waals surface area contributed by atoms with E-state index >= 15 is 0 Å². The molecule has 138 valence electrons. The molecule has 0 aliphatic heterocycles. The number of rotatable bonds is 13. The van der Waals surface area contributed by atoms with Crippen molar-refractivity contribution in [3.05, 3.63) is 0 Å². The molecule has 9 heteroatoms. The van der Waals surface area contributed by atoms with Crippen LogP contribution in [0.4, 0.5) is 4.79 Å². The molecule has 0 saturated carbocycles. The summed E-state index contributed by atoms with van der Waals surface area (Å²) in [5.74, 6) is -1.85. The summed E-state index contributed by atoms with van der Waals surface area (Å²) in [7, 11) is 0. The molecule has 0 aromatic carbocycles. The van der Waals surface area contributed by atoms with Crippen LogP contribution in [-0.2, 0) is 33.3 Å². The quantitative estimate of drug-likeness (QED) is 0.300. The summed E-state index contributed by atoms with van der Waals surface area (Å²) >= 11 is 0. The first-order valence-electron chi connectivity index (χ1n) is 7.78. The van der Waals surface area contributed by atoms with Crippen LogP contribution < -0.4 is 0 Å². The van der Waals surface area contributed by atoms with Gasteiger partial charge in [-0.05, 0) is 26.2 Å². The molecule has 0 aromatic heterocycles. The van der Waals surface area contributed by atoms with E-state index < -0.39 is 24.1 Å². The lowest BCUT2D eigenvalue weighted by molar-refractivity contribution is -0.148. The van der Waals surface area contributed by atoms with E-state index in [1.807, 2.05) is 0 Å². The van der Waals surface area contributed by atoms with Gasteiger partial charge in [0, 0.05) is 19.3 Å². The highest BCUT2D eigenvalue weighted by Gasteiger charge is 2.07. The van der Waals surface area contributed by atoms with Crippen molar-refractivity contribution in [1.82, 2.24) is 0 Å². The molecule has 0 spiro atoms. The molecule has 0 bridgehead atoms. The Hall–Kier alpha value is -2.32. The largest absolute Gasteiger partial charge is 0.508 e. The molecule has 0 heterocycles. The zero-order valence-electron chi connectivity index (χ0n) is 13.8. The molecule has 0 saturated heterocycles. The zero-order valence-corrected chi connectivity index (χ0v) is 13.8. The third-order valence-electron chi connectivity index (χ3n) is 2.59. The highest BCUT2D eigenvalue weighted by atomic mass is 16.7. The minimum Gasteiger partial charge on any atom is -0.481 e. The Morgan fingerprint density at radius 1 is 0.708 bits per heavy atom. The zero-order chi connectivity index (χ0) is 18.2. The molecule has 24 heavy (non-hydrogen) atoms. The van der Waals surface area contributed by atoms with Crippen molar-refractivity contribution < 1.29 is 43.2 Å². The van der Waals surface area contributed by atoms with Gasteiger partial charge >= 0.3 is 24.1 Å². The van der Waals surface area contributed by atoms with Gasteiger partial charge in [0.25, 0.3) is 0 Å². The molecule has 0 aromatic rings. The number of aliphatic carboxylic acids is 1. The minimum absolute atomic E-state index is 0.0508. The lowest BCUT2D eigenvalue weighted by Gasteiger charge is -2.06. The summed E-state index contributed by atoms with van der Waals surface area (Å²) in [6.07, 6.45) is 0.277. The summed E-state index contributed by atoms with van der Waals surface area (Å²) in [4.78, 5) is 43.8. The van der Waals surface area contributed by atoms with Crippen LogP contribution in [-0.4, -0.2) is 55.6 Å². The third kappa shape index (κ3) is 14.6. The Bertz CT molecular complexity index is 406. The van der Waals surface area contributed by atoms with Gasteiger partial charge in [-0.15, -0.1) is 0 Å². The van der Waals surface area contributed by atoms with Gasteiger partial charge in [0.2, 0.25) is 0 Å². The Morgan fingerprint density at radius 2 is 1.17 bits per heavy atom. The molecule has 0 aliphatic rings. The lowest BCUT2D eigenvalue weighted by atomic mass is 10.3. The van der Waals surface area contributed by atoms with E-state index in [4.69, 9.17) is 14.6 Å². The number of ether oxygens (including phenoxy) is 4. The Kier molecular flexibility index (Phi) is 12.9. The first-order chi connectivity index (χ1) is 11.5. The van der Waals surface area contributed by atoms with Crippen LogP contribution in [0.15, 0.2) is 0 Å². The van der Waals surface area contributed by atoms with Crippen molar-refractivity contribution in [2.24, 2.45) is 0 Å². The molecular weight excluding hydrogens is 324 g/mol. The van der Waals surface area contributed by atoms with Crippen LogP contribution in [0.25, 0.3) is 0 Å². The lowest BCUT2D eigenvalue weighted by Crippen LogP contribution is -2.12. The van der Waals surface area contributed by atoms with Crippen LogP contribution in [0, 0.1) is 0 Å². The topological polar surface area (TPSA) is 125 Å². The highest BCUT2D eigenvalue weighted by Crippen LogP contribution is 2.00. The van der Waals surface area contributed by atoms with Gasteiger partial charge in [-0.3, -0.25) is 14.4 Å². The van der Waals surface area contributed by atoms with Crippen LogP contribution in [0.1, 0.15) is 45.4 Å². The Balaban J connectivity index is 3.46. The maximum absolute atomic E-state index is 11.4. The first kappa shape index (κ1) is 21.7. The number of hydrogen-bond acceptors (Lipinski definition) is 8. The average molecular weight is 348 g/mol. The van der Waals surface area contributed by atoms with Crippen LogP contribution in [0.3, 0.4) is 0 Å². The fourth-order valence-electron chi connectivity index (χ4n) is 1.49. The summed E-state index contributed by atoms with van der Waals surface area (Å²) in [5, 5.41) is 8.41.